The van der Waals surface area contributed by atoms with Crippen LogP contribution in [-0.4, -0.2) is 16.4 Å². The highest BCUT2D eigenvalue weighted by Crippen LogP contribution is 2.14. The van der Waals surface area contributed by atoms with E-state index < -0.39 is 0 Å². The maximum Gasteiger partial charge on any atom is 0.279 e. The van der Waals surface area contributed by atoms with E-state index in [1.165, 1.54) is 11.3 Å². The molecule has 33 heavy (non-hydrogen) atoms. The van der Waals surface area contributed by atoms with Gasteiger partial charge in [0.05, 0.1) is 19.4 Å². The SMILES string of the molecule is Cc1cccc(C(=O)N=c2sc(C)c(C)n2Cc2ccc(C(=O)NCc3ccco3)cc2)c1. The highest BCUT2D eigenvalue weighted by molar-refractivity contribution is 7.09. The quantitative estimate of drug-likeness (QED) is 0.451. The second-order valence-corrected chi connectivity index (χ2v) is 9.04. The lowest BCUT2D eigenvalue weighted by molar-refractivity contribution is 0.0946. The fraction of sp³-hybridized carbons (Fsp3) is 0.192. The summed E-state index contributed by atoms with van der Waals surface area (Å²) in [5.74, 6) is 0.293. The van der Waals surface area contributed by atoms with Gasteiger partial charge in [0.2, 0.25) is 0 Å². The zero-order chi connectivity index (χ0) is 23.4. The lowest BCUT2D eigenvalue weighted by atomic mass is 10.1. The molecule has 0 fully saturated rings. The third kappa shape index (κ3) is 5.38. The smallest absolute Gasteiger partial charge is 0.279 e. The molecule has 1 N–H and O–H groups in total. The summed E-state index contributed by atoms with van der Waals surface area (Å²) < 4.78 is 7.28. The van der Waals surface area contributed by atoms with Gasteiger partial charge in [0, 0.05) is 21.7 Å². The van der Waals surface area contributed by atoms with E-state index in [0.717, 1.165) is 21.7 Å². The highest BCUT2D eigenvalue weighted by Gasteiger charge is 2.11. The number of benzene rings is 2. The molecule has 7 heteroatoms. The Bertz CT molecular complexity index is 1350. The predicted octanol–water partition coefficient (Wildman–Crippen LogP) is 4.79. The molecule has 0 bridgehead atoms. The molecular weight excluding hydrogens is 434 g/mol. The van der Waals surface area contributed by atoms with E-state index in [2.05, 4.69) is 10.3 Å². The minimum atomic E-state index is -0.253. The number of aryl methyl sites for hydroxylation is 2. The molecule has 0 unspecified atom stereocenters. The third-order valence-corrected chi connectivity index (χ3v) is 6.51. The van der Waals surface area contributed by atoms with Gasteiger partial charge in [-0.1, -0.05) is 29.8 Å². The van der Waals surface area contributed by atoms with Crippen molar-refractivity contribution in [1.82, 2.24) is 9.88 Å². The Kier molecular flexibility index (Phi) is 6.70. The minimum Gasteiger partial charge on any atom is -0.467 e. The number of thiazole rings is 1. The van der Waals surface area contributed by atoms with Crippen LogP contribution < -0.4 is 10.1 Å². The maximum atomic E-state index is 12.7. The van der Waals surface area contributed by atoms with Crippen LogP contribution in [0.4, 0.5) is 0 Å². The van der Waals surface area contributed by atoms with Gasteiger partial charge in [-0.3, -0.25) is 9.59 Å². The van der Waals surface area contributed by atoms with Crippen LogP contribution in [0.25, 0.3) is 0 Å². The van der Waals surface area contributed by atoms with E-state index in [9.17, 15) is 9.59 Å². The highest BCUT2D eigenvalue weighted by atomic mass is 32.1. The maximum absolute atomic E-state index is 12.7. The number of furan rings is 1. The van der Waals surface area contributed by atoms with Crippen LogP contribution in [0.5, 0.6) is 0 Å². The van der Waals surface area contributed by atoms with E-state index >= 15 is 0 Å². The van der Waals surface area contributed by atoms with Crippen molar-refractivity contribution in [2.75, 3.05) is 0 Å². The average Bonchev–Trinajstić information content (AvgIpc) is 3.42. The van der Waals surface area contributed by atoms with Gasteiger partial charge in [0.1, 0.15) is 5.76 Å². The summed E-state index contributed by atoms with van der Waals surface area (Å²) in [4.78, 5) is 31.3. The number of carbonyl (C=O) groups is 2. The molecule has 0 radical (unpaired) electrons. The largest absolute Gasteiger partial charge is 0.467 e. The lowest BCUT2D eigenvalue weighted by Gasteiger charge is -2.08. The van der Waals surface area contributed by atoms with E-state index in [4.69, 9.17) is 4.42 Å². The number of hydrogen-bond acceptors (Lipinski definition) is 4. The van der Waals surface area contributed by atoms with Crippen molar-refractivity contribution in [1.29, 1.82) is 0 Å². The lowest BCUT2D eigenvalue weighted by Crippen LogP contribution is -2.22. The molecule has 0 saturated carbocycles. The summed E-state index contributed by atoms with van der Waals surface area (Å²) in [5.41, 5.74) is 4.26. The normalized spacial score (nSPS) is 11.5. The van der Waals surface area contributed by atoms with Crippen LogP contribution in [0.2, 0.25) is 0 Å². The Balaban J connectivity index is 1.52. The second kappa shape index (κ2) is 9.83. The van der Waals surface area contributed by atoms with Gasteiger partial charge in [0.25, 0.3) is 11.8 Å². The monoisotopic (exact) mass is 459 g/mol. The summed E-state index contributed by atoms with van der Waals surface area (Å²) in [6.07, 6.45) is 1.58. The molecular formula is C26H25N3O3S. The molecule has 0 spiro atoms. The Labute approximate surface area is 196 Å². The summed E-state index contributed by atoms with van der Waals surface area (Å²) in [6, 6.07) is 18.5. The second-order valence-electron chi connectivity index (χ2n) is 7.86. The first-order valence-electron chi connectivity index (χ1n) is 10.6. The Hall–Kier alpha value is -3.71. The number of rotatable bonds is 6. The molecule has 0 aliphatic carbocycles. The van der Waals surface area contributed by atoms with Crippen molar-refractivity contribution in [3.63, 3.8) is 0 Å². The molecule has 4 aromatic rings. The third-order valence-electron chi connectivity index (χ3n) is 5.41. The van der Waals surface area contributed by atoms with Crippen molar-refractivity contribution < 1.29 is 14.0 Å². The molecule has 2 aromatic carbocycles. The summed E-state index contributed by atoms with van der Waals surface area (Å²) in [6.45, 7) is 6.91. The van der Waals surface area contributed by atoms with Gasteiger partial charge in [-0.25, -0.2) is 0 Å². The first kappa shape index (κ1) is 22.5. The summed E-state index contributed by atoms with van der Waals surface area (Å²) in [5, 5.41) is 2.84. The first-order valence-corrected chi connectivity index (χ1v) is 11.4. The first-order chi connectivity index (χ1) is 15.9. The molecule has 2 aromatic heterocycles. The molecule has 0 aliphatic rings. The van der Waals surface area contributed by atoms with Crippen molar-refractivity contribution in [3.05, 3.63) is 110 Å². The van der Waals surface area contributed by atoms with Gasteiger partial charge >= 0.3 is 0 Å². The van der Waals surface area contributed by atoms with Crippen molar-refractivity contribution in [3.8, 4) is 0 Å². The minimum absolute atomic E-state index is 0.160. The van der Waals surface area contributed by atoms with E-state index in [-0.39, 0.29) is 11.8 Å². The number of amides is 2. The van der Waals surface area contributed by atoms with Gasteiger partial charge in [-0.05, 0) is 62.7 Å². The fourth-order valence-electron chi connectivity index (χ4n) is 3.43. The molecule has 0 saturated heterocycles. The molecule has 6 nitrogen and oxygen atoms in total. The summed E-state index contributed by atoms with van der Waals surface area (Å²) in [7, 11) is 0. The van der Waals surface area contributed by atoms with Crippen LogP contribution in [0, 0.1) is 20.8 Å². The Morgan fingerprint density at radius 2 is 1.79 bits per heavy atom. The zero-order valence-electron chi connectivity index (χ0n) is 18.8. The van der Waals surface area contributed by atoms with Crippen LogP contribution >= 0.6 is 11.3 Å². The van der Waals surface area contributed by atoms with Crippen LogP contribution in [-0.2, 0) is 13.1 Å². The molecule has 168 valence electrons. The average molecular weight is 460 g/mol. The van der Waals surface area contributed by atoms with Crippen LogP contribution in [0.1, 0.15) is 48.2 Å². The van der Waals surface area contributed by atoms with Crippen molar-refractivity contribution >= 4 is 23.2 Å². The predicted molar refractivity (Wildman–Crippen MR) is 128 cm³/mol. The zero-order valence-corrected chi connectivity index (χ0v) is 19.6. The molecule has 0 atom stereocenters. The van der Waals surface area contributed by atoms with E-state index in [1.54, 1.807) is 30.5 Å². The Morgan fingerprint density at radius 3 is 2.48 bits per heavy atom. The molecule has 2 heterocycles. The fourth-order valence-corrected chi connectivity index (χ4v) is 4.40. The number of aromatic nitrogens is 1. The van der Waals surface area contributed by atoms with Crippen LogP contribution in [0.15, 0.2) is 76.3 Å². The topological polar surface area (TPSA) is 76.6 Å². The van der Waals surface area contributed by atoms with Crippen LogP contribution in [0.3, 0.4) is 0 Å². The van der Waals surface area contributed by atoms with Gasteiger partial charge in [-0.15, -0.1) is 11.3 Å². The van der Waals surface area contributed by atoms with Crippen molar-refractivity contribution in [2.45, 2.75) is 33.9 Å². The van der Waals surface area contributed by atoms with E-state index in [1.807, 2.05) is 61.7 Å². The van der Waals surface area contributed by atoms with Gasteiger partial charge in [0.15, 0.2) is 4.80 Å². The summed E-state index contributed by atoms with van der Waals surface area (Å²) >= 11 is 1.50. The number of hydrogen-bond donors (Lipinski definition) is 1. The standard InChI is InChI=1S/C26H25N3O3S/c1-17-6-4-7-22(14-17)25(31)28-26-29(18(2)19(3)33-26)16-20-9-11-21(12-10-20)24(30)27-15-23-8-5-13-32-23/h4-14H,15-16H2,1-3H3,(H,27,30). The van der Waals surface area contributed by atoms with Gasteiger partial charge in [-0.2, -0.15) is 4.99 Å². The molecule has 0 aliphatic heterocycles. The number of nitrogens with zero attached hydrogens (tertiary/aromatic N) is 2. The molecule has 4 rings (SSSR count). The van der Waals surface area contributed by atoms with Crippen molar-refractivity contribution in [2.24, 2.45) is 4.99 Å². The van der Waals surface area contributed by atoms with E-state index in [0.29, 0.717) is 34.8 Å². The number of nitrogens with one attached hydrogen (secondary N) is 1. The number of carbonyl (C=O) groups excluding carboxylic acids is 2. The Morgan fingerprint density at radius 1 is 1.00 bits per heavy atom. The van der Waals surface area contributed by atoms with Gasteiger partial charge < -0.3 is 14.3 Å². The molecule has 2 amide bonds.